The molecule has 0 saturated carbocycles. The maximum Gasteiger partial charge on any atom is 0.326 e. The molecule has 104 valence electrons. The molecule has 7 nitrogen and oxygen atoms in total. The largest absolute Gasteiger partial charge is 0.480 e. The van der Waals surface area contributed by atoms with Crippen LogP contribution in [0.3, 0.4) is 0 Å². The Morgan fingerprint density at radius 1 is 1.39 bits per heavy atom. The first-order valence-electron chi connectivity index (χ1n) is 6.08. The number of β-amino-alcohol motifs (C(OH)–C–C–N with tert-alkyl or cyclic N) is 1. The first-order chi connectivity index (χ1) is 8.51. The second-order valence-corrected chi connectivity index (χ2v) is 4.39. The van der Waals surface area contributed by atoms with Gasteiger partial charge in [0.15, 0.2) is 0 Å². The molecule has 1 aliphatic rings. The molecule has 0 aliphatic carbocycles. The highest BCUT2D eigenvalue weighted by Gasteiger charge is 2.40. The molecular formula is C11H20N2O5. The Labute approximate surface area is 106 Å². The van der Waals surface area contributed by atoms with E-state index in [0.717, 1.165) is 6.42 Å². The summed E-state index contributed by atoms with van der Waals surface area (Å²) in [7, 11) is 0. The first-order valence-corrected chi connectivity index (χ1v) is 6.08. The van der Waals surface area contributed by atoms with Crippen LogP contribution >= 0.6 is 0 Å². The van der Waals surface area contributed by atoms with Gasteiger partial charge < -0.3 is 25.1 Å². The molecule has 18 heavy (non-hydrogen) atoms. The van der Waals surface area contributed by atoms with E-state index in [0.29, 0.717) is 6.54 Å². The van der Waals surface area contributed by atoms with Crippen LogP contribution in [0.15, 0.2) is 0 Å². The summed E-state index contributed by atoms with van der Waals surface area (Å²) in [6.07, 6.45) is -0.0207. The van der Waals surface area contributed by atoms with Gasteiger partial charge in [-0.15, -0.1) is 0 Å². The molecular weight excluding hydrogens is 240 g/mol. The van der Waals surface area contributed by atoms with E-state index in [9.17, 15) is 14.7 Å². The third-order valence-corrected chi connectivity index (χ3v) is 2.94. The fraction of sp³-hybridized carbons (Fsp3) is 0.818. The van der Waals surface area contributed by atoms with Gasteiger partial charge in [0.1, 0.15) is 6.04 Å². The Hall–Kier alpha value is -1.34. The van der Waals surface area contributed by atoms with Gasteiger partial charge in [0.2, 0.25) is 0 Å². The Morgan fingerprint density at radius 3 is 2.56 bits per heavy atom. The minimum atomic E-state index is -1.11. The smallest absolute Gasteiger partial charge is 0.326 e. The van der Waals surface area contributed by atoms with E-state index in [1.165, 1.54) is 9.80 Å². The number of urea groups is 1. The number of rotatable bonds is 5. The second-order valence-electron chi connectivity index (χ2n) is 4.39. The molecule has 1 rings (SSSR count). The van der Waals surface area contributed by atoms with Crippen LogP contribution in [0, 0.1) is 0 Å². The van der Waals surface area contributed by atoms with Gasteiger partial charge in [-0.1, -0.05) is 6.92 Å². The Morgan fingerprint density at radius 2 is 2.06 bits per heavy atom. The van der Waals surface area contributed by atoms with Crippen LogP contribution in [-0.2, 0) is 4.79 Å². The van der Waals surface area contributed by atoms with Crippen LogP contribution in [0.5, 0.6) is 0 Å². The lowest BCUT2D eigenvalue weighted by molar-refractivity contribution is -0.141. The van der Waals surface area contributed by atoms with Crippen molar-refractivity contribution < 1.29 is 24.9 Å². The zero-order valence-electron chi connectivity index (χ0n) is 10.4. The van der Waals surface area contributed by atoms with E-state index in [1.807, 2.05) is 6.92 Å². The molecule has 0 aromatic rings. The van der Waals surface area contributed by atoms with Crippen molar-refractivity contribution in [3.63, 3.8) is 0 Å². The lowest BCUT2D eigenvalue weighted by Gasteiger charge is -2.29. The SMILES string of the molecule is CCCN(CCO)C(=O)N1CC(O)CC1C(=O)O. The van der Waals surface area contributed by atoms with Crippen molar-refractivity contribution in [3.05, 3.63) is 0 Å². The minimum Gasteiger partial charge on any atom is -0.480 e. The Kier molecular flexibility index (Phi) is 5.36. The number of amides is 2. The third-order valence-electron chi connectivity index (χ3n) is 2.94. The zero-order valence-corrected chi connectivity index (χ0v) is 10.4. The van der Waals surface area contributed by atoms with E-state index in [4.69, 9.17) is 10.2 Å². The molecule has 0 radical (unpaired) electrons. The molecule has 2 amide bonds. The molecule has 1 saturated heterocycles. The Balaban J connectivity index is 2.76. The zero-order chi connectivity index (χ0) is 13.7. The fourth-order valence-electron chi connectivity index (χ4n) is 2.13. The predicted octanol–water partition coefficient (Wildman–Crippen LogP) is -0.669. The lowest BCUT2D eigenvalue weighted by Crippen LogP contribution is -2.49. The van der Waals surface area contributed by atoms with Crippen molar-refractivity contribution in [2.24, 2.45) is 0 Å². The van der Waals surface area contributed by atoms with E-state index >= 15 is 0 Å². The highest BCUT2D eigenvalue weighted by molar-refractivity contribution is 5.83. The van der Waals surface area contributed by atoms with Crippen LogP contribution in [0.2, 0.25) is 0 Å². The Bertz CT molecular complexity index is 304. The van der Waals surface area contributed by atoms with Gasteiger partial charge in [0, 0.05) is 26.1 Å². The number of hydrogen-bond acceptors (Lipinski definition) is 4. The van der Waals surface area contributed by atoms with E-state index in [-0.39, 0.29) is 26.1 Å². The average molecular weight is 260 g/mol. The topological polar surface area (TPSA) is 101 Å². The summed E-state index contributed by atoms with van der Waals surface area (Å²) in [5, 5.41) is 27.4. The van der Waals surface area contributed by atoms with Crippen molar-refractivity contribution in [2.75, 3.05) is 26.2 Å². The number of hydrogen-bond donors (Lipinski definition) is 3. The van der Waals surface area contributed by atoms with E-state index in [1.54, 1.807) is 0 Å². The van der Waals surface area contributed by atoms with E-state index < -0.39 is 24.1 Å². The predicted molar refractivity (Wildman–Crippen MR) is 63.1 cm³/mol. The quantitative estimate of drug-likeness (QED) is 0.608. The highest BCUT2D eigenvalue weighted by Crippen LogP contribution is 2.20. The number of carbonyl (C=O) groups is 2. The van der Waals surface area contributed by atoms with Crippen molar-refractivity contribution in [1.29, 1.82) is 0 Å². The van der Waals surface area contributed by atoms with Crippen LogP contribution in [0.1, 0.15) is 19.8 Å². The molecule has 1 fully saturated rings. The number of aliphatic hydroxyl groups is 2. The minimum absolute atomic E-state index is 0.0292. The van der Waals surface area contributed by atoms with Gasteiger partial charge in [-0.05, 0) is 6.42 Å². The number of nitrogens with zero attached hydrogens (tertiary/aromatic N) is 2. The molecule has 0 spiro atoms. The third kappa shape index (κ3) is 3.33. The number of aliphatic hydroxyl groups excluding tert-OH is 2. The van der Waals surface area contributed by atoms with Gasteiger partial charge >= 0.3 is 12.0 Å². The van der Waals surface area contributed by atoms with Crippen molar-refractivity contribution in [2.45, 2.75) is 31.9 Å². The number of carboxylic acid groups (broad SMARTS) is 1. The molecule has 2 atom stereocenters. The summed E-state index contributed by atoms with van der Waals surface area (Å²) >= 11 is 0. The van der Waals surface area contributed by atoms with E-state index in [2.05, 4.69) is 0 Å². The summed E-state index contributed by atoms with van der Waals surface area (Å²) in [4.78, 5) is 25.8. The second kappa shape index (κ2) is 6.55. The van der Waals surface area contributed by atoms with Crippen molar-refractivity contribution >= 4 is 12.0 Å². The number of likely N-dealkylation sites (tertiary alicyclic amines) is 1. The molecule has 0 aromatic heterocycles. The molecule has 3 N–H and O–H groups in total. The maximum absolute atomic E-state index is 12.2. The van der Waals surface area contributed by atoms with Crippen molar-refractivity contribution in [1.82, 2.24) is 9.80 Å². The summed E-state index contributed by atoms with van der Waals surface area (Å²) in [5.74, 6) is -1.11. The maximum atomic E-state index is 12.2. The summed E-state index contributed by atoms with van der Waals surface area (Å²) in [6, 6.07) is -1.42. The molecule has 1 heterocycles. The molecule has 7 heteroatoms. The lowest BCUT2D eigenvalue weighted by atomic mass is 10.2. The van der Waals surface area contributed by atoms with Gasteiger partial charge in [0.25, 0.3) is 0 Å². The average Bonchev–Trinajstić information content (AvgIpc) is 2.70. The summed E-state index contributed by atoms with van der Waals surface area (Å²) < 4.78 is 0. The number of aliphatic carboxylic acids is 1. The van der Waals surface area contributed by atoms with Gasteiger partial charge in [-0.2, -0.15) is 0 Å². The summed E-state index contributed by atoms with van der Waals surface area (Å²) in [5.41, 5.74) is 0. The molecule has 0 bridgehead atoms. The standard InChI is InChI=1S/C11H20N2O5/c1-2-3-12(4-5-14)11(18)13-7-8(15)6-9(13)10(16)17/h8-9,14-15H,2-7H2,1H3,(H,16,17). The number of carbonyl (C=O) groups excluding carboxylic acids is 1. The van der Waals surface area contributed by atoms with Crippen LogP contribution in [0.4, 0.5) is 4.79 Å². The molecule has 2 unspecified atom stereocenters. The highest BCUT2D eigenvalue weighted by atomic mass is 16.4. The summed E-state index contributed by atoms with van der Waals surface area (Å²) in [6.45, 7) is 2.39. The number of carboxylic acids is 1. The van der Waals surface area contributed by atoms with Gasteiger partial charge in [0.05, 0.1) is 12.7 Å². The van der Waals surface area contributed by atoms with Crippen molar-refractivity contribution in [3.8, 4) is 0 Å². The molecule has 1 aliphatic heterocycles. The fourth-order valence-corrected chi connectivity index (χ4v) is 2.13. The van der Waals surface area contributed by atoms with Crippen LogP contribution in [-0.4, -0.2) is 75.5 Å². The molecule has 0 aromatic carbocycles. The first kappa shape index (κ1) is 14.7. The normalized spacial score (nSPS) is 23.2. The van der Waals surface area contributed by atoms with Crippen LogP contribution in [0.25, 0.3) is 0 Å². The van der Waals surface area contributed by atoms with Gasteiger partial charge in [-0.25, -0.2) is 9.59 Å². The monoisotopic (exact) mass is 260 g/mol. The van der Waals surface area contributed by atoms with Crippen LogP contribution < -0.4 is 0 Å². The van der Waals surface area contributed by atoms with Gasteiger partial charge in [-0.3, -0.25) is 0 Å².